The highest BCUT2D eigenvalue weighted by atomic mass is 32.2. The number of benzene rings is 3. The minimum atomic E-state index is -0.329. The van der Waals surface area contributed by atoms with E-state index >= 15 is 0 Å². The van der Waals surface area contributed by atoms with Crippen molar-refractivity contribution >= 4 is 23.6 Å². The van der Waals surface area contributed by atoms with E-state index in [1.165, 1.54) is 5.56 Å². The van der Waals surface area contributed by atoms with Crippen molar-refractivity contribution in [3.8, 4) is 17.2 Å². The summed E-state index contributed by atoms with van der Waals surface area (Å²) < 4.78 is 12.5. The fourth-order valence-electron chi connectivity index (χ4n) is 2.96. The molecule has 3 aromatic carbocycles. The molecule has 1 amide bonds. The third-order valence-electron chi connectivity index (χ3n) is 4.54. The number of amides is 1. The first-order valence-corrected chi connectivity index (χ1v) is 11.0. The summed E-state index contributed by atoms with van der Waals surface area (Å²) in [5, 5.41) is 12.0. The monoisotopic (exact) mass is 446 g/mol. The molecule has 1 N–H and O–H groups in total. The van der Waals surface area contributed by atoms with Gasteiger partial charge in [0.1, 0.15) is 11.5 Å². The van der Waals surface area contributed by atoms with Crippen LogP contribution in [0.3, 0.4) is 0 Å². The fraction of sp³-hybridized carbons (Fsp3) is 0.125. The zero-order chi connectivity index (χ0) is 22.2. The minimum absolute atomic E-state index is 0.152. The molecule has 1 heterocycles. The average molecular weight is 447 g/mol. The molecule has 0 unspecified atom stereocenters. The predicted molar refractivity (Wildman–Crippen MR) is 124 cm³/mol. The molecule has 0 saturated carbocycles. The molecule has 4 aromatic rings. The van der Waals surface area contributed by atoms with Crippen LogP contribution in [-0.4, -0.2) is 34.4 Å². The molecule has 8 heteroatoms. The van der Waals surface area contributed by atoms with E-state index in [-0.39, 0.29) is 12.5 Å². The Hall–Kier alpha value is -3.78. The van der Waals surface area contributed by atoms with Crippen molar-refractivity contribution < 1.29 is 14.3 Å². The van der Waals surface area contributed by atoms with E-state index < -0.39 is 0 Å². The zero-order valence-electron chi connectivity index (χ0n) is 17.5. The van der Waals surface area contributed by atoms with E-state index in [1.54, 1.807) is 43.1 Å². The zero-order valence-corrected chi connectivity index (χ0v) is 18.3. The van der Waals surface area contributed by atoms with Crippen molar-refractivity contribution in [2.75, 3.05) is 19.0 Å². The van der Waals surface area contributed by atoms with Crippen LogP contribution >= 0.6 is 11.8 Å². The highest BCUT2D eigenvalue weighted by Gasteiger charge is 2.17. The molecule has 0 saturated heterocycles. The Balaban J connectivity index is 1.47. The number of methoxy groups -OCH3 is 1. The molecule has 1 aromatic heterocycles. The van der Waals surface area contributed by atoms with Crippen LogP contribution in [0.15, 0.2) is 90.1 Å². The lowest BCUT2D eigenvalue weighted by atomic mass is 10.2. The van der Waals surface area contributed by atoms with Crippen molar-refractivity contribution in [2.45, 2.75) is 10.9 Å². The lowest BCUT2D eigenvalue weighted by Crippen LogP contribution is -2.22. The molecule has 7 nitrogen and oxygen atoms in total. The average Bonchev–Trinajstić information content (AvgIpc) is 3.25. The summed E-state index contributed by atoms with van der Waals surface area (Å²) in [7, 11) is 1.60. The second-order valence-electron chi connectivity index (χ2n) is 6.76. The quantitative estimate of drug-likeness (QED) is 0.379. The molecule has 0 spiro atoms. The van der Waals surface area contributed by atoms with Crippen LogP contribution in [0, 0.1) is 0 Å². The summed E-state index contributed by atoms with van der Waals surface area (Å²) in [6.45, 7) is -0.152. The number of hydrogen-bond donors (Lipinski definition) is 1. The van der Waals surface area contributed by atoms with Gasteiger partial charge in [0.25, 0.3) is 5.91 Å². The number of aromatic nitrogens is 3. The Labute approximate surface area is 190 Å². The molecular formula is C24H22N4O3S. The van der Waals surface area contributed by atoms with Gasteiger partial charge >= 0.3 is 0 Å². The maximum atomic E-state index is 12.5. The van der Waals surface area contributed by atoms with Crippen molar-refractivity contribution in [3.63, 3.8) is 0 Å². The van der Waals surface area contributed by atoms with E-state index in [9.17, 15) is 4.79 Å². The third-order valence-corrected chi connectivity index (χ3v) is 5.54. The first-order chi connectivity index (χ1) is 15.7. The molecule has 0 aliphatic carbocycles. The minimum Gasteiger partial charge on any atom is -0.497 e. The van der Waals surface area contributed by atoms with Gasteiger partial charge in [-0.05, 0) is 42.0 Å². The number of rotatable bonds is 9. The van der Waals surface area contributed by atoms with Crippen LogP contribution < -0.4 is 14.8 Å². The number of ether oxygens (including phenoxy) is 2. The topological polar surface area (TPSA) is 78.3 Å². The summed E-state index contributed by atoms with van der Waals surface area (Å²) in [6.07, 6.45) is 0. The molecule has 162 valence electrons. The Morgan fingerprint density at radius 1 is 0.906 bits per heavy atom. The van der Waals surface area contributed by atoms with Crippen LogP contribution in [0.4, 0.5) is 5.95 Å². The number of carbonyl (C=O) groups is 1. The summed E-state index contributed by atoms with van der Waals surface area (Å²) >= 11 is 1.55. The van der Waals surface area contributed by atoms with Crippen LogP contribution in [0.5, 0.6) is 11.5 Å². The standard InChI is InChI=1S/C24H22N4O3S/c1-30-20-12-14-21(15-13-20)31-16-22(29)25-23-26-27-24(28(23)19-10-6-3-7-11-19)32-17-18-8-4-2-5-9-18/h2-15H,16-17H2,1H3,(H,25,26,29). The second kappa shape index (κ2) is 10.5. The molecule has 0 aliphatic rings. The van der Waals surface area contributed by atoms with Gasteiger partial charge in [0.2, 0.25) is 5.95 Å². The predicted octanol–water partition coefficient (Wildman–Crippen LogP) is 4.59. The summed E-state index contributed by atoms with van der Waals surface area (Å²) in [6, 6.07) is 26.9. The van der Waals surface area contributed by atoms with E-state index in [4.69, 9.17) is 9.47 Å². The molecule has 0 bridgehead atoms. The van der Waals surface area contributed by atoms with Gasteiger partial charge in [-0.3, -0.25) is 14.7 Å². The van der Waals surface area contributed by atoms with Crippen molar-refractivity contribution in [2.24, 2.45) is 0 Å². The number of anilines is 1. The Bertz CT molecular complexity index is 1150. The number of nitrogens with one attached hydrogen (secondary N) is 1. The SMILES string of the molecule is COc1ccc(OCC(=O)Nc2nnc(SCc3ccccc3)n2-c2ccccc2)cc1. The number of thioether (sulfide) groups is 1. The van der Waals surface area contributed by atoms with E-state index in [0.29, 0.717) is 16.9 Å². The first-order valence-electron chi connectivity index (χ1n) is 9.97. The van der Waals surface area contributed by atoms with Gasteiger partial charge < -0.3 is 9.47 Å². The largest absolute Gasteiger partial charge is 0.497 e. The lowest BCUT2D eigenvalue weighted by molar-refractivity contribution is -0.118. The highest BCUT2D eigenvalue weighted by Crippen LogP contribution is 2.27. The molecule has 0 fully saturated rings. The molecule has 0 aliphatic heterocycles. The molecule has 32 heavy (non-hydrogen) atoms. The van der Waals surface area contributed by atoms with Crippen LogP contribution in [-0.2, 0) is 10.5 Å². The molecule has 4 rings (SSSR count). The van der Waals surface area contributed by atoms with Gasteiger partial charge in [0, 0.05) is 5.75 Å². The summed E-state index contributed by atoms with van der Waals surface area (Å²) in [5.41, 5.74) is 2.04. The van der Waals surface area contributed by atoms with E-state index in [0.717, 1.165) is 17.2 Å². The van der Waals surface area contributed by atoms with Crippen molar-refractivity contribution in [3.05, 3.63) is 90.5 Å². The van der Waals surface area contributed by atoms with Gasteiger partial charge in [-0.25, -0.2) is 0 Å². The highest BCUT2D eigenvalue weighted by molar-refractivity contribution is 7.98. The Morgan fingerprint density at radius 3 is 2.25 bits per heavy atom. The number of hydrogen-bond acceptors (Lipinski definition) is 6. The summed E-state index contributed by atoms with van der Waals surface area (Å²) in [4.78, 5) is 12.5. The van der Waals surface area contributed by atoms with E-state index in [1.807, 2.05) is 53.1 Å². The number of nitrogens with zero attached hydrogens (tertiary/aromatic N) is 3. The Morgan fingerprint density at radius 2 is 1.56 bits per heavy atom. The number of para-hydroxylation sites is 1. The second-order valence-corrected chi connectivity index (χ2v) is 7.71. The van der Waals surface area contributed by atoms with Gasteiger partial charge in [-0.2, -0.15) is 0 Å². The molecular weight excluding hydrogens is 424 g/mol. The van der Waals surface area contributed by atoms with Gasteiger partial charge in [-0.1, -0.05) is 60.3 Å². The maximum Gasteiger partial charge on any atom is 0.264 e. The van der Waals surface area contributed by atoms with Crippen molar-refractivity contribution in [1.29, 1.82) is 0 Å². The third kappa shape index (κ3) is 5.47. The lowest BCUT2D eigenvalue weighted by Gasteiger charge is -2.11. The van der Waals surface area contributed by atoms with Crippen molar-refractivity contribution in [1.82, 2.24) is 14.8 Å². The number of carbonyl (C=O) groups excluding carboxylic acids is 1. The molecule has 0 radical (unpaired) electrons. The fourth-order valence-corrected chi connectivity index (χ4v) is 3.87. The summed E-state index contributed by atoms with van der Waals surface area (Å²) in [5.74, 6) is 2.04. The van der Waals surface area contributed by atoms with E-state index in [2.05, 4.69) is 27.6 Å². The van der Waals surface area contributed by atoms with Crippen LogP contribution in [0.2, 0.25) is 0 Å². The first kappa shape index (κ1) is 21.5. The Kier molecular flexibility index (Phi) is 7.04. The van der Waals surface area contributed by atoms with Gasteiger partial charge in [-0.15, -0.1) is 10.2 Å². The van der Waals surface area contributed by atoms with Crippen LogP contribution in [0.1, 0.15) is 5.56 Å². The molecule has 0 atom stereocenters. The van der Waals surface area contributed by atoms with Gasteiger partial charge in [0.05, 0.1) is 12.8 Å². The maximum absolute atomic E-state index is 12.5. The normalized spacial score (nSPS) is 10.5. The van der Waals surface area contributed by atoms with Gasteiger partial charge in [0.15, 0.2) is 11.8 Å². The smallest absolute Gasteiger partial charge is 0.264 e. The van der Waals surface area contributed by atoms with Crippen LogP contribution in [0.25, 0.3) is 5.69 Å².